The van der Waals surface area contributed by atoms with Crippen LogP contribution < -0.4 is 10.1 Å². The van der Waals surface area contributed by atoms with Gasteiger partial charge in [-0.2, -0.15) is 5.10 Å². The van der Waals surface area contributed by atoms with E-state index in [-0.39, 0.29) is 5.91 Å². The van der Waals surface area contributed by atoms with E-state index in [1.807, 2.05) is 6.92 Å². The minimum Gasteiger partial charge on any atom is -0.493 e. The highest BCUT2D eigenvalue weighted by atomic mass is 16.5. The van der Waals surface area contributed by atoms with Crippen LogP contribution in [-0.4, -0.2) is 29.9 Å². The lowest BCUT2D eigenvalue weighted by Gasteiger charge is -2.08. The van der Waals surface area contributed by atoms with Crippen molar-refractivity contribution < 1.29 is 18.7 Å². The van der Waals surface area contributed by atoms with E-state index >= 15 is 0 Å². The van der Waals surface area contributed by atoms with E-state index in [4.69, 9.17) is 13.9 Å². The standard InChI is InChI=1S/C17H19N3O4/c1-10-8-18-20(2)16(10)19-17(21)12-5-6-14(23-4)15-13(12)7-11(24-15)9-22-3/h5-8H,9H2,1-4H3,(H,19,21). The van der Waals surface area contributed by atoms with E-state index in [1.165, 1.54) is 0 Å². The van der Waals surface area contributed by atoms with Gasteiger partial charge in [-0.1, -0.05) is 0 Å². The highest BCUT2D eigenvalue weighted by molar-refractivity contribution is 6.13. The normalized spacial score (nSPS) is 11.0. The van der Waals surface area contributed by atoms with Crippen molar-refractivity contribution in [3.8, 4) is 5.75 Å². The number of nitrogens with one attached hydrogen (secondary N) is 1. The topological polar surface area (TPSA) is 78.5 Å². The predicted octanol–water partition coefficient (Wildman–Crippen LogP) is 2.88. The lowest BCUT2D eigenvalue weighted by molar-refractivity contribution is 0.102. The van der Waals surface area contributed by atoms with Crippen molar-refractivity contribution in [2.75, 3.05) is 19.5 Å². The lowest BCUT2D eigenvalue weighted by Crippen LogP contribution is -2.15. The van der Waals surface area contributed by atoms with Gasteiger partial charge in [0.05, 0.1) is 18.9 Å². The highest BCUT2D eigenvalue weighted by Gasteiger charge is 2.19. The predicted molar refractivity (Wildman–Crippen MR) is 89.4 cm³/mol. The summed E-state index contributed by atoms with van der Waals surface area (Å²) in [6.07, 6.45) is 1.70. The molecular formula is C17H19N3O4. The quantitative estimate of drug-likeness (QED) is 0.779. The molecule has 1 N–H and O–H groups in total. The molecule has 3 rings (SSSR count). The fraction of sp³-hybridized carbons (Fsp3) is 0.294. The molecule has 24 heavy (non-hydrogen) atoms. The average Bonchev–Trinajstić information content (AvgIpc) is 3.12. The number of benzene rings is 1. The number of furan rings is 1. The van der Waals surface area contributed by atoms with Gasteiger partial charge >= 0.3 is 0 Å². The monoisotopic (exact) mass is 329 g/mol. The van der Waals surface area contributed by atoms with Gasteiger partial charge in [0.2, 0.25) is 0 Å². The van der Waals surface area contributed by atoms with Gasteiger partial charge in [-0.25, -0.2) is 0 Å². The van der Waals surface area contributed by atoms with Crippen LogP contribution in [0.5, 0.6) is 5.75 Å². The number of anilines is 1. The number of carbonyl (C=O) groups is 1. The summed E-state index contributed by atoms with van der Waals surface area (Å²) in [6, 6.07) is 5.23. The Kier molecular flexibility index (Phi) is 4.26. The Morgan fingerprint density at radius 3 is 2.79 bits per heavy atom. The number of hydrogen-bond donors (Lipinski definition) is 1. The Morgan fingerprint density at radius 2 is 2.17 bits per heavy atom. The molecule has 0 aliphatic heterocycles. The number of fused-ring (bicyclic) bond motifs is 1. The number of nitrogens with zero attached hydrogens (tertiary/aromatic N) is 2. The third kappa shape index (κ3) is 2.74. The molecule has 2 heterocycles. The van der Waals surface area contributed by atoms with E-state index in [9.17, 15) is 4.79 Å². The van der Waals surface area contributed by atoms with Crippen molar-refractivity contribution in [1.82, 2.24) is 9.78 Å². The van der Waals surface area contributed by atoms with Gasteiger partial charge in [0.25, 0.3) is 5.91 Å². The molecule has 0 fully saturated rings. The smallest absolute Gasteiger partial charge is 0.257 e. The molecule has 7 heteroatoms. The molecular weight excluding hydrogens is 310 g/mol. The Hall–Kier alpha value is -2.80. The number of rotatable bonds is 5. The fourth-order valence-electron chi connectivity index (χ4n) is 2.62. The molecule has 1 amide bonds. The summed E-state index contributed by atoms with van der Waals surface area (Å²) >= 11 is 0. The van der Waals surface area contributed by atoms with Gasteiger partial charge in [-0.05, 0) is 25.1 Å². The molecule has 0 unspecified atom stereocenters. The molecule has 0 saturated carbocycles. The number of ether oxygens (including phenoxy) is 2. The van der Waals surface area contributed by atoms with Crippen LogP contribution in [0.4, 0.5) is 5.82 Å². The molecule has 0 saturated heterocycles. The summed E-state index contributed by atoms with van der Waals surface area (Å²) in [5, 5.41) is 7.70. The molecule has 1 aromatic carbocycles. The molecule has 126 valence electrons. The summed E-state index contributed by atoms with van der Waals surface area (Å²) in [4.78, 5) is 12.7. The van der Waals surface area contributed by atoms with Crippen LogP contribution in [0.25, 0.3) is 11.0 Å². The maximum atomic E-state index is 12.7. The molecule has 3 aromatic rings. The Morgan fingerprint density at radius 1 is 1.38 bits per heavy atom. The number of carbonyl (C=O) groups excluding carboxylic acids is 1. The van der Waals surface area contributed by atoms with Crippen molar-refractivity contribution in [3.63, 3.8) is 0 Å². The molecule has 0 spiro atoms. The van der Waals surface area contributed by atoms with Crippen LogP contribution in [0.3, 0.4) is 0 Å². The summed E-state index contributed by atoms with van der Waals surface area (Å²) in [7, 11) is 4.93. The van der Waals surface area contributed by atoms with Crippen molar-refractivity contribution in [2.45, 2.75) is 13.5 Å². The second kappa shape index (κ2) is 6.37. The Bertz CT molecular complexity index is 875. The van der Waals surface area contributed by atoms with E-state index in [1.54, 1.807) is 50.3 Å². The third-order valence-electron chi connectivity index (χ3n) is 3.80. The summed E-state index contributed by atoms with van der Waals surface area (Å²) < 4.78 is 17.8. The fourth-order valence-corrected chi connectivity index (χ4v) is 2.62. The van der Waals surface area contributed by atoms with Crippen molar-refractivity contribution in [1.29, 1.82) is 0 Å². The van der Waals surface area contributed by atoms with Crippen molar-refractivity contribution >= 4 is 22.7 Å². The largest absolute Gasteiger partial charge is 0.493 e. The second-order valence-electron chi connectivity index (χ2n) is 5.46. The van der Waals surface area contributed by atoms with Crippen LogP contribution in [0, 0.1) is 6.92 Å². The third-order valence-corrected chi connectivity index (χ3v) is 3.80. The maximum absolute atomic E-state index is 12.7. The molecule has 0 aliphatic carbocycles. The van der Waals surface area contributed by atoms with Crippen LogP contribution in [0.1, 0.15) is 21.7 Å². The number of amides is 1. The van der Waals surface area contributed by atoms with Gasteiger partial charge < -0.3 is 19.2 Å². The van der Waals surface area contributed by atoms with E-state index < -0.39 is 0 Å². The average molecular weight is 329 g/mol. The second-order valence-corrected chi connectivity index (χ2v) is 5.46. The zero-order valence-electron chi connectivity index (χ0n) is 14.0. The zero-order chi connectivity index (χ0) is 17.3. The SMILES string of the molecule is COCc1cc2c(C(=O)Nc3c(C)cnn3C)ccc(OC)c2o1. The van der Waals surface area contributed by atoms with Gasteiger partial charge in [0.15, 0.2) is 11.3 Å². The van der Waals surface area contributed by atoms with Gasteiger partial charge in [-0.3, -0.25) is 9.48 Å². The molecule has 0 aliphatic rings. The Labute approximate surface area is 139 Å². The number of hydrogen-bond acceptors (Lipinski definition) is 5. The van der Waals surface area contributed by atoms with Crippen molar-refractivity contribution in [3.05, 3.63) is 41.3 Å². The van der Waals surface area contributed by atoms with Crippen molar-refractivity contribution in [2.24, 2.45) is 7.05 Å². The minimum atomic E-state index is -0.237. The maximum Gasteiger partial charge on any atom is 0.257 e. The number of methoxy groups -OCH3 is 2. The van der Waals surface area contributed by atoms with Gasteiger partial charge in [0, 0.05) is 25.1 Å². The first-order valence-corrected chi connectivity index (χ1v) is 7.43. The first kappa shape index (κ1) is 16.1. The van der Waals surface area contributed by atoms with Crippen LogP contribution in [0.15, 0.2) is 28.8 Å². The van der Waals surface area contributed by atoms with E-state index in [2.05, 4.69) is 10.4 Å². The number of aromatic nitrogens is 2. The number of aryl methyl sites for hydroxylation is 2. The Balaban J connectivity index is 2.03. The van der Waals surface area contributed by atoms with Gasteiger partial charge in [0.1, 0.15) is 18.2 Å². The molecule has 7 nitrogen and oxygen atoms in total. The molecule has 2 aromatic heterocycles. The minimum absolute atomic E-state index is 0.237. The van der Waals surface area contributed by atoms with Crippen LogP contribution in [-0.2, 0) is 18.4 Å². The highest BCUT2D eigenvalue weighted by Crippen LogP contribution is 2.32. The zero-order valence-corrected chi connectivity index (χ0v) is 14.0. The van der Waals surface area contributed by atoms with Crippen LogP contribution >= 0.6 is 0 Å². The lowest BCUT2D eigenvalue weighted by atomic mass is 10.1. The summed E-state index contributed by atoms with van der Waals surface area (Å²) in [6.45, 7) is 2.21. The van der Waals surface area contributed by atoms with E-state index in [0.717, 1.165) is 5.56 Å². The first-order chi connectivity index (χ1) is 11.5. The summed E-state index contributed by atoms with van der Waals surface area (Å²) in [5.74, 6) is 1.62. The first-order valence-electron chi connectivity index (χ1n) is 7.43. The molecule has 0 radical (unpaired) electrons. The van der Waals surface area contributed by atoms with Crippen LogP contribution in [0.2, 0.25) is 0 Å². The molecule has 0 atom stereocenters. The van der Waals surface area contributed by atoms with Gasteiger partial charge in [-0.15, -0.1) is 0 Å². The molecule has 0 bridgehead atoms. The van der Waals surface area contributed by atoms with E-state index in [0.29, 0.717) is 40.5 Å². The summed E-state index contributed by atoms with van der Waals surface area (Å²) in [5.41, 5.74) is 1.92.